The number of unbranched alkanes of at least 4 members (excludes halogenated alkanes) is 23. The molecule has 91 heavy (non-hydrogen) atoms. The minimum absolute atomic E-state index is 0.250. The van der Waals surface area contributed by atoms with E-state index in [4.69, 9.17) is 28.4 Å². The number of amides is 1. The summed E-state index contributed by atoms with van der Waals surface area (Å²) in [6, 6.07) is -0.885. The molecule has 0 spiro atoms. The van der Waals surface area contributed by atoms with E-state index in [1.165, 1.54) is 103 Å². The Hall–Kier alpha value is -3.03. The Morgan fingerprint density at radius 1 is 0.407 bits per heavy atom. The van der Waals surface area contributed by atoms with Crippen LogP contribution in [0.15, 0.2) is 85.1 Å². The van der Waals surface area contributed by atoms with Crippen molar-refractivity contribution in [2.24, 2.45) is 0 Å². The molecule has 0 saturated carbocycles. The summed E-state index contributed by atoms with van der Waals surface area (Å²) in [5.41, 5.74) is 0. The van der Waals surface area contributed by atoms with E-state index in [1.54, 1.807) is 0 Å². The normalized spacial score (nSPS) is 28.4. The smallest absolute Gasteiger partial charge is 0.220 e. The average molecular weight is 1290 g/mol. The van der Waals surface area contributed by atoms with Gasteiger partial charge in [-0.1, -0.05) is 240 Å². The molecular weight excluding hydrogens is 1170 g/mol. The van der Waals surface area contributed by atoms with Gasteiger partial charge in [0.25, 0.3) is 0 Å². The zero-order chi connectivity index (χ0) is 66.1. The topological polar surface area (TPSA) is 307 Å². The van der Waals surface area contributed by atoms with E-state index in [2.05, 4.69) is 104 Å². The number of carbonyl (C=O) groups is 1. The molecule has 526 valence electrons. The third kappa shape index (κ3) is 35.0. The molecule has 3 fully saturated rings. The quantitative estimate of drug-likeness (QED) is 0.0199. The molecule has 3 rings (SSSR count). The fraction of sp³-hybridized carbons (Fsp3) is 0.792. The molecule has 12 N–H and O–H groups in total. The standard InChI is InChI=1S/C72H125NO18/c1-3-5-7-9-10-11-12-13-14-15-16-17-18-19-20-21-22-23-24-25-26-27-28-29-30-31-32-33-34-35-36-37-38-39-40-41-42-43-44-46-48-50-60(78)73-55(56(77)49-47-45-8-6-4-2)54-86-70-66(84)63(81)68(58(52-75)88-70)91-72-67(85)64(82)69(59(53-76)89-72)90-71-65(83)62(80)61(79)57(51-74)87-71/h5,7,10-11,13-14,16-17,19-20,22-23,25-26,55-59,61-72,74-77,79-85H,3-4,6,8-9,12,15,18,21,24,27-54H2,1-2H3,(H,73,78)/b7-5-,11-10-,14-13-,17-16-,20-19-,23-22-,26-25-. The van der Waals surface area contributed by atoms with Crippen molar-refractivity contribution < 1.29 is 89.4 Å². The van der Waals surface area contributed by atoms with Crippen LogP contribution in [-0.2, 0) is 33.2 Å². The summed E-state index contributed by atoms with van der Waals surface area (Å²) >= 11 is 0. The van der Waals surface area contributed by atoms with Crippen molar-refractivity contribution in [2.75, 3.05) is 26.4 Å². The maximum absolute atomic E-state index is 13.3. The van der Waals surface area contributed by atoms with Gasteiger partial charge in [0.2, 0.25) is 5.91 Å². The fourth-order valence-corrected chi connectivity index (χ4v) is 11.5. The van der Waals surface area contributed by atoms with Gasteiger partial charge in [0.1, 0.15) is 73.2 Å². The first-order valence-corrected chi connectivity index (χ1v) is 35.3. The molecule has 17 unspecified atom stereocenters. The zero-order valence-corrected chi connectivity index (χ0v) is 55.5. The van der Waals surface area contributed by atoms with Crippen molar-refractivity contribution >= 4 is 5.91 Å². The Labute approximate surface area is 546 Å². The van der Waals surface area contributed by atoms with Crippen LogP contribution in [0, 0.1) is 0 Å². The van der Waals surface area contributed by atoms with Crippen molar-refractivity contribution in [1.82, 2.24) is 5.32 Å². The number of ether oxygens (including phenoxy) is 6. The molecule has 17 atom stereocenters. The van der Waals surface area contributed by atoms with Crippen molar-refractivity contribution in [3.8, 4) is 0 Å². The first-order chi connectivity index (χ1) is 44.3. The van der Waals surface area contributed by atoms with E-state index in [0.29, 0.717) is 12.8 Å². The van der Waals surface area contributed by atoms with Crippen molar-refractivity contribution in [2.45, 2.75) is 336 Å². The highest BCUT2D eigenvalue weighted by Gasteiger charge is 2.53. The molecule has 0 aromatic carbocycles. The van der Waals surface area contributed by atoms with Gasteiger partial charge < -0.3 is 89.9 Å². The van der Waals surface area contributed by atoms with Crippen LogP contribution in [0.4, 0.5) is 0 Å². The second-order valence-corrected chi connectivity index (χ2v) is 25.0. The van der Waals surface area contributed by atoms with Gasteiger partial charge in [-0.2, -0.15) is 0 Å². The number of hydrogen-bond donors (Lipinski definition) is 12. The highest BCUT2D eigenvalue weighted by atomic mass is 16.8. The number of hydrogen-bond acceptors (Lipinski definition) is 18. The first kappa shape index (κ1) is 82.2. The summed E-state index contributed by atoms with van der Waals surface area (Å²) in [4.78, 5) is 13.3. The molecule has 3 aliphatic heterocycles. The summed E-state index contributed by atoms with van der Waals surface area (Å²) in [6.45, 7) is 1.56. The van der Waals surface area contributed by atoms with Gasteiger partial charge in [0.15, 0.2) is 18.9 Å². The monoisotopic (exact) mass is 1290 g/mol. The molecule has 19 nitrogen and oxygen atoms in total. The Kier molecular flexibility index (Phi) is 48.0. The SMILES string of the molecule is CC/C=C\C/C=C\C/C=C\C/C=C\C/C=C\C/C=C\C/C=C\CCCCCCCCCCCCCCCCCCCCCC(=O)NC(COC1OC(CO)C(OC2OC(CO)C(OC3OC(CO)C(O)C(O)C3O)C(O)C2O)C(O)C1O)C(O)CCCCCCC. The molecule has 0 radical (unpaired) electrons. The number of allylic oxidation sites excluding steroid dienone is 14. The van der Waals surface area contributed by atoms with Gasteiger partial charge in [-0.15, -0.1) is 0 Å². The Bertz CT molecular complexity index is 1980. The van der Waals surface area contributed by atoms with Crippen molar-refractivity contribution in [3.05, 3.63) is 85.1 Å². The van der Waals surface area contributed by atoms with Crippen LogP contribution in [0.5, 0.6) is 0 Å². The van der Waals surface area contributed by atoms with Crippen LogP contribution in [0.3, 0.4) is 0 Å². The van der Waals surface area contributed by atoms with Crippen LogP contribution >= 0.6 is 0 Å². The van der Waals surface area contributed by atoms with E-state index < -0.39 is 124 Å². The Morgan fingerprint density at radius 3 is 1.19 bits per heavy atom. The lowest BCUT2D eigenvalue weighted by Gasteiger charge is -2.48. The lowest BCUT2D eigenvalue weighted by atomic mass is 9.96. The maximum atomic E-state index is 13.3. The number of rotatable bonds is 53. The zero-order valence-electron chi connectivity index (χ0n) is 55.5. The number of aliphatic hydroxyl groups is 11. The van der Waals surface area contributed by atoms with E-state index in [1.807, 2.05) is 0 Å². The molecule has 3 saturated heterocycles. The predicted octanol–water partition coefficient (Wildman–Crippen LogP) is 9.49. The second-order valence-electron chi connectivity index (χ2n) is 25.0. The lowest BCUT2D eigenvalue weighted by Crippen LogP contribution is -2.66. The largest absolute Gasteiger partial charge is 0.394 e. The molecule has 3 heterocycles. The first-order valence-electron chi connectivity index (χ1n) is 35.3. The molecule has 0 aromatic rings. The van der Waals surface area contributed by atoms with E-state index in [-0.39, 0.29) is 18.9 Å². The molecular formula is C72H125NO18. The highest BCUT2D eigenvalue weighted by Crippen LogP contribution is 2.33. The number of nitrogens with one attached hydrogen (secondary N) is 1. The predicted molar refractivity (Wildman–Crippen MR) is 355 cm³/mol. The lowest BCUT2D eigenvalue weighted by molar-refractivity contribution is -0.379. The van der Waals surface area contributed by atoms with Gasteiger partial charge in [-0.05, 0) is 70.6 Å². The third-order valence-corrected chi connectivity index (χ3v) is 17.2. The van der Waals surface area contributed by atoms with Gasteiger partial charge in [-0.25, -0.2) is 0 Å². The number of carbonyl (C=O) groups excluding carboxylic acids is 1. The third-order valence-electron chi connectivity index (χ3n) is 17.2. The van der Waals surface area contributed by atoms with Gasteiger partial charge in [0.05, 0.1) is 38.6 Å². The second kappa shape index (κ2) is 53.2. The van der Waals surface area contributed by atoms with Crippen LogP contribution < -0.4 is 5.32 Å². The average Bonchev–Trinajstić information content (AvgIpc) is 0.864. The van der Waals surface area contributed by atoms with Gasteiger partial charge in [-0.3, -0.25) is 4.79 Å². The molecule has 0 aliphatic carbocycles. The summed E-state index contributed by atoms with van der Waals surface area (Å²) < 4.78 is 34.2. The summed E-state index contributed by atoms with van der Waals surface area (Å²) in [5, 5.41) is 120. The van der Waals surface area contributed by atoms with Gasteiger partial charge in [0, 0.05) is 6.42 Å². The number of aliphatic hydroxyl groups excluding tert-OH is 11. The van der Waals surface area contributed by atoms with Crippen molar-refractivity contribution in [3.63, 3.8) is 0 Å². The van der Waals surface area contributed by atoms with Crippen LogP contribution in [0.1, 0.15) is 232 Å². The molecule has 0 aromatic heterocycles. The highest BCUT2D eigenvalue weighted by molar-refractivity contribution is 5.76. The van der Waals surface area contributed by atoms with Gasteiger partial charge >= 0.3 is 0 Å². The maximum Gasteiger partial charge on any atom is 0.220 e. The Balaban J connectivity index is 1.22. The minimum Gasteiger partial charge on any atom is -0.394 e. The Morgan fingerprint density at radius 2 is 0.758 bits per heavy atom. The van der Waals surface area contributed by atoms with E-state index in [9.17, 15) is 61.0 Å². The van der Waals surface area contributed by atoms with Crippen LogP contribution in [-0.4, -0.2) is 193 Å². The summed E-state index contributed by atoms with van der Waals surface area (Å²) in [6.07, 6.45) is 42.1. The minimum atomic E-state index is -1.97. The summed E-state index contributed by atoms with van der Waals surface area (Å²) in [7, 11) is 0. The summed E-state index contributed by atoms with van der Waals surface area (Å²) in [5.74, 6) is -0.250. The van der Waals surface area contributed by atoms with E-state index >= 15 is 0 Å². The molecule has 3 aliphatic rings. The van der Waals surface area contributed by atoms with Crippen LogP contribution in [0.25, 0.3) is 0 Å². The molecule has 19 heteroatoms. The fourth-order valence-electron chi connectivity index (χ4n) is 11.5. The van der Waals surface area contributed by atoms with Crippen LogP contribution in [0.2, 0.25) is 0 Å². The van der Waals surface area contributed by atoms with Crippen molar-refractivity contribution in [1.29, 1.82) is 0 Å². The molecule has 0 bridgehead atoms. The van der Waals surface area contributed by atoms with E-state index in [0.717, 1.165) is 96.3 Å². The molecule has 1 amide bonds.